The highest BCUT2D eigenvalue weighted by atomic mass is 16.5. The van der Waals surface area contributed by atoms with Crippen LogP contribution in [0.15, 0.2) is 64.0 Å². The van der Waals surface area contributed by atoms with Gasteiger partial charge in [0.05, 0.1) is 18.3 Å². The van der Waals surface area contributed by atoms with Gasteiger partial charge in [-0.2, -0.15) is 5.16 Å². The standard InChI is InChI=1S/C20H20N2O4/c1-13(14-5-3-2-4-6-14)24-16-9-17(10-16)25-20-8-7-15(12-21-20)18-11-19(23)22-26-18/h2-8,11-13,16-17H,9-10H2,1H3,(H,22,23). The van der Waals surface area contributed by atoms with Gasteiger partial charge >= 0.3 is 0 Å². The van der Waals surface area contributed by atoms with Gasteiger partial charge in [0.2, 0.25) is 5.88 Å². The monoisotopic (exact) mass is 352 g/mol. The second-order valence-corrected chi connectivity index (χ2v) is 6.48. The first kappa shape index (κ1) is 16.6. The number of aromatic amines is 1. The van der Waals surface area contributed by atoms with Gasteiger partial charge in [0.25, 0.3) is 5.56 Å². The summed E-state index contributed by atoms with van der Waals surface area (Å²) in [5.74, 6) is 1.02. The summed E-state index contributed by atoms with van der Waals surface area (Å²) < 4.78 is 17.0. The summed E-state index contributed by atoms with van der Waals surface area (Å²) in [6.45, 7) is 2.07. The largest absolute Gasteiger partial charge is 0.474 e. The van der Waals surface area contributed by atoms with Crippen molar-refractivity contribution in [3.63, 3.8) is 0 Å². The van der Waals surface area contributed by atoms with Crippen molar-refractivity contribution in [2.45, 2.75) is 38.1 Å². The third kappa shape index (κ3) is 3.70. The number of hydrogen-bond acceptors (Lipinski definition) is 5. The molecule has 4 rings (SSSR count). The Kier molecular flexibility index (Phi) is 4.58. The van der Waals surface area contributed by atoms with Crippen LogP contribution in [0.2, 0.25) is 0 Å². The Labute approximate surface area is 150 Å². The van der Waals surface area contributed by atoms with E-state index >= 15 is 0 Å². The van der Waals surface area contributed by atoms with Crippen molar-refractivity contribution in [1.82, 2.24) is 10.1 Å². The van der Waals surface area contributed by atoms with Crippen LogP contribution in [0.25, 0.3) is 11.3 Å². The number of rotatable bonds is 6. The summed E-state index contributed by atoms with van der Waals surface area (Å²) in [6, 6.07) is 15.2. The lowest BCUT2D eigenvalue weighted by Crippen LogP contribution is -2.40. The van der Waals surface area contributed by atoms with E-state index in [0.717, 1.165) is 18.4 Å². The number of aromatic nitrogens is 2. The molecule has 3 aromatic rings. The summed E-state index contributed by atoms with van der Waals surface area (Å²) >= 11 is 0. The molecule has 0 spiro atoms. The number of benzene rings is 1. The van der Waals surface area contributed by atoms with Crippen molar-refractivity contribution in [2.75, 3.05) is 0 Å². The minimum Gasteiger partial charge on any atom is -0.474 e. The summed E-state index contributed by atoms with van der Waals surface area (Å²) in [6.07, 6.45) is 3.75. The summed E-state index contributed by atoms with van der Waals surface area (Å²) in [4.78, 5) is 15.4. The normalized spacial score (nSPS) is 20.3. The lowest BCUT2D eigenvalue weighted by molar-refractivity contribution is -0.0929. The second-order valence-electron chi connectivity index (χ2n) is 6.48. The Balaban J connectivity index is 1.27. The predicted octanol–water partition coefficient (Wildman–Crippen LogP) is 3.72. The fourth-order valence-electron chi connectivity index (χ4n) is 3.01. The minimum absolute atomic E-state index is 0.0792. The van der Waals surface area contributed by atoms with Gasteiger partial charge in [-0.15, -0.1) is 0 Å². The molecular weight excluding hydrogens is 332 g/mol. The zero-order chi connectivity index (χ0) is 17.9. The highest BCUT2D eigenvalue weighted by Gasteiger charge is 2.33. The maximum Gasteiger partial charge on any atom is 0.280 e. The minimum atomic E-state index is -0.273. The molecule has 0 radical (unpaired) electrons. The number of H-pyrrole nitrogens is 1. The van der Waals surface area contributed by atoms with Gasteiger partial charge in [0.15, 0.2) is 5.76 Å². The number of hydrogen-bond donors (Lipinski definition) is 1. The average Bonchev–Trinajstić information content (AvgIpc) is 3.07. The Morgan fingerprint density at radius 3 is 2.62 bits per heavy atom. The van der Waals surface area contributed by atoms with Gasteiger partial charge in [-0.05, 0) is 18.6 Å². The van der Waals surface area contributed by atoms with Crippen LogP contribution < -0.4 is 10.3 Å². The molecule has 0 amide bonds. The van der Waals surface area contributed by atoms with E-state index in [1.165, 1.54) is 11.6 Å². The number of pyridine rings is 1. The van der Waals surface area contributed by atoms with Crippen LogP contribution in [0.4, 0.5) is 0 Å². The quantitative estimate of drug-likeness (QED) is 0.732. The fourth-order valence-corrected chi connectivity index (χ4v) is 3.01. The third-order valence-electron chi connectivity index (χ3n) is 4.55. The lowest BCUT2D eigenvalue weighted by atomic mass is 9.91. The molecule has 1 fully saturated rings. The summed E-state index contributed by atoms with van der Waals surface area (Å²) in [5, 5.41) is 2.26. The highest BCUT2D eigenvalue weighted by Crippen LogP contribution is 2.32. The number of nitrogens with one attached hydrogen (secondary N) is 1. The first-order valence-corrected chi connectivity index (χ1v) is 8.69. The Morgan fingerprint density at radius 1 is 1.15 bits per heavy atom. The van der Waals surface area contributed by atoms with E-state index in [9.17, 15) is 4.79 Å². The van der Waals surface area contributed by atoms with E-state index in [4.69, 9.17) is 14.0 Å². The van der Waals surface area contributed by atoms with Gasteiger partial charge < -0.3 is 14.0 Å². The molecule has 0 bridgehead atoms. The van der Waals surface area contributed by atoms with Crippen molar-refractivity contribution in [3.8, 4) is 17.2 Å². The molecule has 1 atom stereocenters. The van der Waals surface area contributed by atoms with E-state index in [1.807, 2.05) is 24.3 Å². The van der Waals surface area contributed by atoms with E-state index < -0.39 is 0 Å². The summed E-state index contributed by atoms with van der Waals surface area (Å²) in [5.41, 5.74) is 1.64. The first-order chi connectivity index (χ1) is 12.7. The van der Waals surface area contributed by atoms with Crippen LogP contribution >= 0.6 is 0 Å². The molecule has 26 heavy (non-hydrogen) atoms. The van der Waals surface area contributed by atoms with Crippen LogP contribution in [0, 0.1) is 0 Å². The van der Waals surface area contributed by atoms with Crippen LogP contribution in [-0.2, 0) is 4.74 Å². The molecule has 2 heterocycles. The number of ether oxygens (including phenoxy) is 2. The topological polar surface area (TPSA) is 77.4 Å². The fraction of sp³-hybridized carbons (Fsp3) is 0.300. The van der Waals surface area contributed by atoms with Gasteiger partial charge in [0, 0.05) is 30.7 Å². The predicted molar refractivity (Wildman–Crippen MR) is 95.9 cm³/mol. The molecule has 1 aliphatic rings. The molecule has 1 aromatic carbocycles. The van der Waals surface area contributed by atoms with Crippen molar-refractivity contribution in [3.05, 3.63) is 70.6 Å². The maximum absolute atomic E-state index is 11.1. The van der Waals surface area contributed by atoms with Gasteiger partial charge in [0.1, 0.15) is 6.10 Å². The number of nitrogens with zero attached hydrogens (tertiary/aromatic N) is 1. The molecule has 6 nitrogen and oxygen atoms in total. The van der Waals surface area contributed by atoms with Gasteiger partial charge in [-0.1, -0.05) is 30.3 Å². The van der Waals surface area contributed by atoms with E-state index in [2.05, 4.69) is 29.2 Å². The molecule has 134 valence electrons. The molecule has 0 saturated heterocycles. The molecule has 6 heteroatoms. The molecular formula is C20H20N2O4. The molecule has 1 saturated carbocycles. The zero-order valence-electron chi connectivity index (χ0n) is 14.4. The summed E-state index contributed by atoms with van der Waals surface area (Å²) in [7, 11) is 0. The van der Waals surface area contributed by atoms with Crippen molar-refractivity contribution in [1.29, 1.82) is 0 Å². The molecule has 1 aliphatic carbocycles. The van der Waals surface area contributed by atoms with Crippen LogP contribution in [-0.4, -0.2) is 22.3 Å². The highest BCUT2D eigenvalue weighted by molar-refractivity contribution is 5.55. The van der Waals surface area contributed by atoms with Crippen molar-refractivity contribution in [2.24, 2.45) is 0 Å². The zero-order valence-corrected chi connectivity index (χ0v) is 14.4. The van der Waals surface area contributed by atoms with E-state index in [-0.39, 0.29) is 23.9 Å². The Morgan fingerprint density at radius 2 is 1.96 bits per heavy atom. The van der Waals surface area contributed by atoms with E-state index in [1.54, 1.807) is 12.3 Å². The van der Waals surface area contributed by atoms with Crippen LogP contribution in [0.3, 0.4) is 0 Å². The lowest BCUT2D eigenvalue weighted by Gasteiger charge is -2.36. The van der Waals surface area contributed by atoms with Crippen molar-refractivity contribution >= 4 is 0 Å². The average molecular weight is 352 g/mol. The van der Waals surface area contributed by atoms with Crippen molar-refractivity contribution < 1.29 is 14.0 Å². The Bertz CT molecular complexity index is 895. The van der Waals surface area contributed by atoms with Crippen LogP contribution in [0.5, 0.6) is 5.88 Å². The van der Waals surface area contributed by atoms with Gasteiger partial charge in [-0.25, -0.2) is 4.98 Å². The molecule has 2 aromatic heterocycles. The molecule has 1 unspecified atom stereocenters. The Hall–Kier alpha value is -2.86. The second kappa shape index (κ2) is 7.17. The molecule has 0 aliphatic heterocycles. The van der Waals surface area contributed by atoms with Crippen LogP contribution in [0.1, 0.15) is 31.4 Å². The smallest absolute Gasteiger partial charge is 0.280 e. The first-order valence-electron chi connectivity index (χ1n) is 8.69. The van der Waals surface area contributed by atoms with Gasteiger partial charge in [-0.3, -0.25) is 4.79 Å². The molecule has 1 N–H and O–H groups in total. The SMILES string of the molecule is CC(OC1CC(Oc2ccc(-c3cc(=O)[nH]o3)cn2)C1)c1ccccc1. The maximum atomic E-state index is 11.1. The van der Waals surface area contributed by atoms with E-state index in [0.29, 0.717) is 11.6 Å². The third-order valence-corrected chi connectivity index (χ3v) is 4.55.